The summed E-state index contributed by atoms with van der Waals surface area (Å²) in [5, 5.41) is 14.9. The van der Waals surface area contributed by atoms with Crippen LogP contribution in [-0.2, 0) is 19.4 Å². The van der Waals surface area contributed by atoms with Crippen molar-refractivity contribution in [2.75, 3.05) is 10.6 Å². The molecule has 0 unspecified atom stereocenters. The van der Waals surface area contributed by atoms with Gasteiger partial charge in [0.05, 0.1) is 6.20 Å². The molecule has 1 aromatic heterocycles. The highest BCUT2D eigenvalue weighted by molar-refractivity contribution is 5.65. The highest BCUT2D eigenvalue weighted by Crippen LogP contribution is 2.25. The molecule has 2 N–H and O–H groups in total. The molecule has 0 atom stereocenters. The van der Waals surface area contributed by atoms with E-state index in [4.69, 9.17) is 0 Å². The third kappa shape index (κ3) is 4.36. The van der Waals surface area contributed by atoms with Crippen LogP contribution in [0.1, 0.15) is 36.1 Å². The van der Waals surface area contributed by atoms with E-state index in [-0.39, 0.29) is 0 Å². The second kappa shape index (κ2) is 8.43. The van der Waals surface area contributed by atoms with Crippen LogP contribution in [0.4, 0.5) is 17.5 Å². The summed E-state index contributed by atoms with van der Waals surface area (Å²) in [7, 11) is 0. The molecule has 3 aromatic rings. The van der Waals surface area contributed by atoms with E-state index in [1.54, 1.807) is 6.20 Å². The van der Waals surface area contributed by atoms with Crippen LogP contribution < -0.4 is 10.6 Å². The van der Waals surface area contributed by atoms with Gasteiger partial charge in [0.25, 0.3) is 0 Å². The van der Waals surface area contributed by atoms with Crippen molar-refractivity contribution < 1.29 is 0 Å². The molecular weight excluding hydrogens is 322 g/mol. The minimum absolute atomic E-state index is 0.517. The smallest absolute Gasteiger partial charge is 0.244 e. The molecule has 0 aliphatic rings. The number of nitrogens with one attached hydrogen (secondary N) is 2. The number of benzene rings is 2. The van der Waals surface area contributed by atoms with Crippen molar-refractivity contribution in [2.24, 2.45) is 0 Å². The summed E-state index contributed by atoms with van der Waals surface area (Å²) in [6.07, 6.45) is 3.59. The molecule has 0 fully saturated rings. The van der Waals surface area contributed by atoms with Crippen LogP contribution in [0.3, 0.4) is 0 Å². The molecule has 0 radical (unpaired) electrons. The molecule has 26 heavy (non-hydrogen) atoms. The molecule has 134 valence electrons. The van der Waals surface area contributed by atoms with Crippen molar-refractivity contribution in [3.05, 3.63) is 70.9 Å². The van der Waals surface area contributed by atoms with Gasteiger partial charge in [-0.05, 0) is 36.5 Å². The van der Waals surface area contributed by atoms with Crippen molar-refractivity contribution in [2.45, 2.75) is 40.2 Å². The third-order valence-corrected chi connectivity index (χ3v) is 4.34. The lowest BCUT2D eigenvalue weighted by atomic mass is 10.0. The number of anilines is 3. The van der Waals surface area contributed by atoms with Crippen molar-refractivity contribution >= 4 is 17.5 Å². The number of nitrogens with zero attached hydrogens (tertiary/aromatic N) is 3. The summed E-state index contributed by atoms with van der Waals surface area (Å²) in [5.41, 5.74) is 6.11. The minimum atomic E-state index is 0.517. The Bertz CT molecular complexity index is 854. The van der Waals surface area contributed by atoms with Crippen molar-refractivity contribution in [3.8, 4) is 0 Å². The number of hydrogen-bond donors (Lipinski definition) is 2. The third-order valence-electron chi connectivity index (χ3n) is 4.34. The van der Waals surface area contributed by atoms with E-state index in [0.717, 1.165) is 18.5 Å². The molecule has 0 saturated carbocycles. The van der Waals surface area contributed by atoms with E-state index in [9.17, 15) is 0 Å². The van der Waals surface area contributed by atoms with Crippen LogP contribution in [0.25, 0.3) is 0 Å². The van der Waals surface area contributed by atoms with Crippen LogP contribution in [0.15, 0.2) is 48.7 Å². The molecule has 1 heterocycles. The fourth-order valence-electron chi connectivity index (χ4n) is 2.97. The van der Waals surface area contributed by atoms with Crippen molar-refractivity contribution in [1.82, 2.24) is 15.2 Å². The van der Waals surface area contributed by atoms with Gasteiger partial charge in [-0.2, -0.15) is 10.1 Å². The Morgan fingerprint density at radius 2 is 1.69 bits per heavy atom. The van der Waals surface area contributed by atoms with Crippen LogP contribution in [0.2, 0.25) is 0 Å². The number of aryl methyl sites for hydroxylation is 3. The van der Waals surface area contributed by atoms with Gasteiger partial charge in [-0.25, -0.2) is 0 Å². The zero-order chi connectivity index (χ0) is 18.4. The average Bonchev–Trinajstić information content (AvgIpc) is 2.67. The van der Waals surface area contributed by atoms with E-state index < -0.39 is 0 Å². The van der Waals surface area contributed by atoms with E-state index in [1.165, 1.54) is 22.3 Å². The first kappa shape index (κ1) is 17.9. The fraction of sp³-hybridized carbons (Fsp3) is 0.286. The van der Waals surface area contributed by atoms with Gasteiger partial charge in [-0.3, -0.25) is 0 Å². The quantitative estimate of drug-likeness (QED) is 0.651. The van der Waals surface area contributed by atoms with Gasteiger partial charge in [-0.15, -0.1) is 5.10 Å². The van der Waals surface area contributed by atoms with E-state index in [1.807, 2.05) is 0 Å². The zero-order valence-corrected chi connectivity index (χ0v) is 15.6. The SMILES string of the molecule is CCc1cccc(CC)c1Nc1cnnc(NCc2cccc(C)c2)n1. The lowest BCUT2D eigenvalue weighted by Crippen LogP contribution is -2.07. The van der Waals surface area contributed by atoms with Gasteiger partial charge >= 0.3 is 0 Å². The highest BCUT2D eigenvalue weighted by atomic mass is 15.3. The molecule has 3 rings (SSSR count). The van der Waals surface area contributed by atoms with Crippen molar-refractivity contribution in [1.29, 1.82) is 0 Å². The largest absolute Gasteiger partial charge is 0.349 e. The Hall–Kier alpha value is -2.95. The van der Waals surface area contributed by atoms with Crippen LogP contribution >= 0.6 is 0 Å². The number of hydrogen-bond acceptors (Lipinski definition) is 5. The number of aromatic nitrogens is 3. The second-order valence-electron chi connectivity index (χ2n) is 6.29. The fourth-order valence-corrected chi connectivity index (χ4v) is 2.97. The summed E-state index contributed by atoms with van der Waals surface area (Å²) in [6.45, 7) is 7.07. The number of para-hydroxylation sites is 1. The van der Waals surface area contributed by atoms with E-state index in [0.29, 0.717) is 18.3 Å². The van der Waals surface area contributed by atoms with Gasteiger partial charge < -0.3 is 10.6 Å². The summed E-state index contributed by atoms with van der Waals surface area (Å²) in [4.78, 5) is 4.56. The Morgan fingerprint density at radius 1 is 0.962 bits per heavy atom. The Labute approximate surface area is 154 Å². The summed E-state index contributed by atoms with van der Waals surface area (Å²) < 4.78 is 0. The van der Waals surface area contributed by atoms with Crippen LogP contribution in [0, 0.1) is 6.92 Å². The molecule has 0 aliphatic carbocycles. The normalized spacial score (nSPS) is 10.6. The predicted molar refractivity (Wildman–Crippen MR) is 107 cm³/mol. The van der Waals surface area contributed by atoms with Crippen LogP contribution in [0.5, 0.6) is 0 Å². The van der Waals surface area contributed by atoms with E-state index in [2.05, 4.69) is 89.1 Å². The maximum Gasteiger partial charge on any atom is 0.244 e. The van der Waals surface area contributed by atoms with Crippen molar-refractivity contribution in [3.63, 3.8) is 0 Å². The molecule has 0 saturated heterocycles. The first-order chi connectivity index (χ1) is 12.7. The molecule has 0 amide bonds. The Balaban J connectivity index is 1.76. The van der Waals surface area contributed by atoms with E-state index >= 15 is 0 Å². The molecule has 0 aliphatic heterocycles. The lowest BCUT2D eigenvalue weighted by molar-refractivity contribution is 0.947. The maximum absolute atomic E-state index is 4.56. The van der Waals surface area contributed by atoms with Gasteiger partial charge in [0, 0.05) is 12.2 Å². The van der Waals surface area contributed by atoms with Gasteiger partial charge in [0.2, 0.25) is 5.95 Å². The van der Waals surface area contributed by atoms with Gasteiger partial charge in [0.15, 0.2) is 5.82 Å². The average molecular weight is 347 g/mol. The standard InChI is InChI=1S/C21H25N5/c1-4-17-10-7-11-18(5-2)20(17)24-19-14-23-26-21(25-19)22-13-16-9-6-8-15(3)12-16/h6-12,14H,4-5,13H2,1-3H3,(H2,22,24,25,26). The highest BCUT2D eigenvalue weighted by Gasteiger charge is 2.08. The molecule has 2 aromatic carbocycles. The van der Waals surface area contributed by atoms with Gasteiger partial charge in [-0.1, -0.05) is 61.9 Å². The first-order valence-electron chi connectivity index (χ1n) is 9.06. The minimum Gasteiger partial charge on any atom is -0.349 e. The maximum atomic E-state index is 4.56. The molecule has 5 heteroatoms. The lowest BCUT2D eigenvalue weighted by Gasteiger charge is -2.15. The zero-order valence-electron chi connectivity index (χ0n) is 15.6. The molecule has 0 bridgehead atoms. The van der Waals surface area contributed by atoms with Gasteiger partial charge in [0.1, 0.15) is 0 Å². The first-order valence-corrected chi connectivity index (χ1v) is 9.06. The molecular formula is C21H25N5. The second-order valence-corrected chi connectivity index (χ2v) is 6.29. The molecule has 0 spiro atoms. The molecule has 5 nitrogen and oxygen atoms in total. The Kier molecular flexibility index (Phi) is 5.79. The summed E-state index contributed by atoms with van der Waals surface area (Å²) >= 11 is 0. The Morgan fingerprint density at radius 3 is 2.38 bits per heavy atom. The summed E-state index contributed by atoms with van der Waals surface area (Å²) in [6, 6.07) is 14.8. The predicted octanol–water partition coefficient (Wildman–Crippen LogP) is 4.66. The number of rotatable bonds is 7. The summed E-state index contributed by atoms with van der Waals surface area (Å²) in [5.74, 6) is 1.21. The monoisotopic (exact) mass is 347 g/mol. The topological polar surface area (TPSA) is 62.7 Å². The van der Waals surface area contributed by atoms with Crippen LogP contribution in [-0.4, -0.2) is 15.2 Å².